The summed E-state index contributed by atoms with van der Waals surface area (Å²) in [7, 11) is 1.50. The molecule has 0 saturated carbocycles. The van der Waals surface area contributed by atoms with Gasteiger partial charge in [0.05, 0.1) is 18.8 Å². The van der Waals surface area contributed by atoms with Crippen LogP contribution in [0.3, 0.4) is 0 Å². The summed E-state index contributed by atoms with van der Waals surface area (Å²) in [6.45, 7) is 0.531. The molecule has 0 spiro atoms. The number of rotatable bonds is 5. The summed E-state index contributed by atoms with van der Waals surface area (Å²) in [5.74, 6) is -1.35. The number of anilines is 1. The van der Waals surface area contributed by atoms with Crippen molar-refractivity contribution in [2.45, 2.75) is 0 Å². The van der Waals surface area contributed by atoms with Crippen LogP contribution >= 0.6 is 0 Å². The van der Waals surface area contributed by atoms with E-state index in [1.54, 1.807) is 0 Å². The van der Waals surface area contributed by atoms with E-state index in [9.17, 15) is 9.18 Å². The van der Waals surface area contributed by atoms with Crippen molar-refractivity contribution < 1.29 is 18.8 Å². The lowest BCUT2D eigenvalue weighted by Gasteiger charge is -2.06. The summed E-state index contributed by atoms with van der Waals surface area (Å²) < 4.78 is 18.0. The van der Waals surface area contributed by atoms with Crippen LogP contribution < -0.4 is 11.2 Å². The van der Waals surface area contributed by atoms with E-state index in [1.165, 1.54) is 19.2 Å². The molecule has 0 radical (unpaired) electrons. The summed E-state index contributed by atoms with van der Waals surface area (Å²) in [5, 5.41) is 0. The van der Waals surface area contributed by atoms with Gasteiger partial charge in [-0.25, -0.2) is 9.87 Å². The average molecular weight is 228 g/mol. The Bertz CT molecular complexity index is 371. The van der Waals surface area contributed by atoms with Crippen LogP contribution in [-0.4, -0.2) is 26.2 Å². The first-order chi connectivity index (χ1) is 7.65. The highest BCUT2D eigenvalue weighted by atomic mass is 19.1. The third-order valence-corrected chi connectivity index (χ3v) is 1.79. The molecular weight excluding hydrogens is 215 g/mol. The molecule has 6 heteroatoms. The van der Waals surface area contributed by atoms with Crippen molar-refractivity contribution in [2.24, 2.45) is 0 Å². The topological polar surface area (TPSA) is 73.6 Å². The molecule has 0 aliphatic heterocycles. The van der Waals surface area contributed by atoms with Crippen LogP contribution in [0.5, 0.6) is 0 Å². The molecule has 0 bridgehead atoms. The minimum atomic E-state index is -0.687. The first-order valence-corrected chi connectivity index (χ1v) is 4.61. The maximum absolute atomic E-state index is 13.3. The maximum Gasteiger partial charge on any atom is 0.277 e. The van der Waals surface area contributed by atoms with Crippen LogP contribution in [0.2, 0.25) is 0 Å². The lowest BCUT2D eigenvalue weighted by atomic mass is 10.2. The second-order valence-corrected chi connectivity index (χ2v) is 3.01. The number of hydrogen-bond acceptors (Lipinski definition) is 4. The van der Waals surface area contributed by atoms with Crippen molar-refractivity contribution in [3.63, 3.8) is 0 Å². The quantitative estimate of drug-likeness (QED) is 0.442. The van der Waals surface area contributed by atoms with Crippen LogP contribution in [-0.2, 0) is 9.57 Å². The molecule has 0 saturated heterocycles. The van der Waals surface area contributed by atoms with Crippen LogP contribution in [0, 0.1) is 5.82 Å². The molecule has 88 valence electrons. The second kappa shape index (κ2) is 6.04. The normalized spacial score (nSPS) is 10.1. The zero-order valence-corrected chi connectivity index (χ0v) is 8.83. The number of nitrogens with two attached hydrogens (primary N) is 1. The number of halogens is 1. The Hall–Kier alpha value is -1.66. The number of nitrogen functional groups attached to an aromatic ring is 1. The zero-order chi connectivity index (χ0) is 12.0. The Morgan fingerprint density at radius 2 is 2.25 bits per heavy atom. The van der Waals surface area contributed by atoms with Gasteiger partial charge in [0.25, 0.3) is 5.91 Å². The van der Waals surface area contributed by atoms with E-state index in [2.05, 4.69) is 5.48 Å². The summed E-state index contributed by atoms with van der Waals surface area (Å²) in [6, 6.07) is 3.80. The van der Waals surface area contributed by atoms with Gasteiger partial charge in [-0.3, -0.25) is 9.63 Å². The Labute approximate surface area is 92.3 Å². The van der Waals surface area contributed by atoms with E-state index < -0.39 is 11.7 Å². The molecule has 1 aromatic carbocycles. The molecule has 1 aromatic rings. The zero-order valence-electron chi connectivity index (χ0n) is 8.83. The largest absolute Gasteiger partial charge is 0.399 e. The van der Waals surface area contributed by atoms with Gasteiger partial charge < -0.3 is 10.5 Å². The highest BCUT2D eigenvalue weighted by Gasteiger charge is 2.11. The van der Waals surface area contributed by atoms with E-state index in [0.29, 0.717) is 6.61 Å². The summed E-state index contributed by atoms with van der Waals surface area (Å²) in [6.07, 6.45) is 0. The smallest absolute Gasteiger partial charge is 0.277 e. The third-order valence-electron chi connectivity index (χ3n) is 1.79. The van der Waals surface area contributed by atoms with Crippen molar-refractivity contribution >= 4 is 11.6 Å². The monoisotopic (exact) mass is 228 g/mol. The van der Waals surface area contributed by atoms with Crippen molar-refractivity contribution in [1.29, 1.82) is 0 Å². The predicted octanol–water partition coefficient (Wildman–Crippen LogP) is 0.716. The average Bonchev–Trinajstić information content (AvgIpc) is 2.24. The number of methoxy groups -OCH3 is 1. The van der Waals surface area contributed by atoms with Gasteiger partial charge in [0.1, 0.15) is 5.82 Å². The number of carbonyl (C=O) groups is 1. The fourth-order valence-electron chi connectivity index (χ4n) is 1.01. The number of carbonyl (C=O) groups excluding carboxylic acids is 1. The Balaban J connectivity index is 2.53. The summed E-state index contributed by atoms with van der Waals surface area (Å²) >= 11 is 0. The molecule has 0 heterocycles. The van der Waals surface area contributed by atoms with Crippen LogP contribution in [0.4, 0.5) is 10.1 Å². The number of nitrogens with one attached hydrogen (secondary N) is 1. The Kier molecular flexibility index (Phi) is 4.68. The summed E-state index contributed by atoms with van der Waals surface area (Å²) in [5.41, 5.74) is 7.58. The standard InChI is InChI=1S/C10H13FN2O3/c1-15-4-5-16-13-10(14)8-3-2-7(12)6-9(8)11/h2-3,6H,4-5,12H2,1H3,(H,13,14). The van der Waals surface area contributed by atoms with Gasteiger partial charge in [-0.15, -0.1) is 0 Å². The second-order valence-electron chi connectivity index (χ2n) is 3.01. The number of ether oxygens (including phenoxy) is 1. The van der Waals surface area contributed by atoms with Gasteiger partial charge in [-0.05, 0) is 18.2 Å². The van der Waals surface area contributed by atoms with Gasteiger partial charge in [-0.2, -0.15) is 0 Å². The van der Waals surface area contributed by atoms with Crippen LogP contribution in [0.25, 0.3) is 0 Å². The van der Waals surface area contributed by atoms with Crippen molar-refractivity contribution in [2.75, 3.05) is 26.1 Å². The first kappa shape index (κ1) is 12.4. The minimum Gasteiger partial charge on any atom is -0.399 e. The van der Waals surface area contributed by atoms with Gasteiger partial charge in [0.15, 0.2) is 0 Å². The number of benzene rings is 1. The van der Waals surface area contributed by atoms with Crippen LogP contribution in [0.1, 0.15) is 10.4 Å². The van der Waals surface area contributed by atoms with Crippen molar-refractivity contribution in [3.8, 4) is 0 Å². The van der Waals surface area contributed by atoms with Crippen molar-refractivity contribution in [1.82, 2.24) is 5.48 Å². The van der Waals surface area contributed by atoms with Gasteiger partial charge in [0.2, 0.25) is 0 Å². The van der Waals surface area contributed by atoms with E-state index in [-0.39, 0.29) is 17.9 Å². The molecule has 5 nitrogen and oxygen atoms in total. The highest BCUT2D eigenvalue weighted by Crippen LogP contribution is 2.11. The molecule has 3 N–H and O–H groups in total. The molecule has 0 unspecified atom stereocenters. The van der Waals surface area contributed by atoms with E-state index in [1.807, 2.05) is 0 Å². The number of amides is 1. The molecule has 0 fully saturated rings. The molecular formula is C10H13FN2O3. The lowest BCUT2D eigenvalue weighted by Crippen LogP contribution is -2.26. The molecule has 16 heavy (non-hydrogen) atoms. The fraction of sp³-hybridized carbons (Fsp3) is 0.300. The SMILES string of the molecule is COCCONC(=O)c1ccc(N)cc1F. The van der Waals surface area contributed by atoms with E-state index in [4.69, 9.17) is 15.3 Å². The van der Waals surface area contributed by atoms with Gasteiger partial charge >= 0.3 is 0 Å². The van der Waals surface area contributed by atoms with Crippen LogP contribution in [0.15, 0.2) is 18.2 Å². The number of hydrogen-bond donors (Lipinski definition) is 2. The molecule has 0 aromatic heterocycles. The maximum atomic E-state index is 13.3. The van der Waals surface area contributed by atoms with Gasteiger partial charge in [-0.1, -0.05) is 0 Å². The number of hydroxylamine groups is 1. The predicted molar refractivity (Wildman–Crippen MR) is 56.1 cm³/mol. The van der Waals surface area contributed by atoms with Crippen molar-refractivity contribution in [3.05, 3.63) is 29.6 Å². The minimum absolute atomic E-state index is 0.119. The third kappa shape index (κ3) is 3.48. The lowest BCUT2D eigenvalue weighted by molar-refractivity contribution is 0.00865. The summed E-state index contributed by atoms with van der Waals surface area (Å²) in [4.78, 5) is 16.1. The molecule has 0 aliphatic rings. The van der Waals surface area contributed by atoms with E-state index in [0.717, 1.165) is 6.07 Å². The highest BCUT2D eigenvalue weighted by molar-refractivity contribution is 5.94. The fourth-order valence-corrected chi connectivity index (χ4v) is 1.01. The molecule has 0 atom stereocenters. The van der Waals surface area contributed by atoms with Gasteiger partial charge in [0, 0.05) is 12.8 Å². The Morgan fingerprint density at radius 3 is 2.88 bits per heavy atom. The molecule has 1 rings (SSSR count). The molecule has 1 amide bonds. The van der Waals surface area contributed by atoms with E-state index >= 15 is 0 Å². The Morgan fingerprint density at radius 1 is 1.50 bits per heavy atom. The first-order valence-electron chi connectivity index (χ1n) is 4.61. The molecule has 0 aliphatic carbocycles.